The summed E-state index contributed by atoms with van der Waals surface area (Å²) in [5.74, 6) is -0.759. The van der Waals surface area contributed by atoms with Crippen molar-refractivity contribution in [1.29, 1.82) is 0 Å². The zero-order valence-corrected chi connectivity index (χ0v) is 11.5. The Balaban J connectivity index is 2.12. The standard InChI is InChI=1S/C17H17F2NO/c18-14-8-6-12(7-9-14)17(21,16-5-2-10-20-16)13-3-1-4-15(19)11-13/h1,3-4,6-9,11,16,20-21H,2,5,10H2/t16-,17?/m0/s1. The van der Waals surface area contributed by atoms with E-state index in [1.807, 2.05) is 0 Å². The van der Waals surface area contributed by atoms with Gasteiger partial charge in [0, 0.05) is 6.04 Å². The van der Waals surface area contributed by atoms with Crippen LogP contribution < -0.4 is 5.32 Å². The molecule has 3 rings (SSSR count). The van der Waals surface area contributed by atoms with E-state index in [2.05, 4.69) is 5.32 Å². The summed E-state index contributed by atoms with van der Waals surface area (Å²) in [6.07, 6.45) is 1.73. The van der Waals surface area contributed by atoms with Crippen LogP contribution in [-0.4, -0.2) is 17.7 Å². The Bertz CT molecular complexity index is 623. The maximum absolute atomic E-state index is 13.6. The van der Waals surface area contributed by atoms with Gasteiger partial charge in [0.2, 0.25) is 0 Å². The van der Waals surface area contributed by atoms with Gasteiger partial charge in [-0.3, -0.25) is 0 Å². The molecule has 0 radical (unpaired) electrons. The van der Waals surface area contributed by atoms with Crippen molar-refractivity contribution < 1.29 is 13.9 Å². The lowest BCUT2D eigenvalue weighted by Gasteiger charge is -2.35. The van der Waals surface area contributed by atoms with Gasteiger partial charge in [0.25, 0.3) is 0 Å². The Morgan fingerprint density at radius 1 is 1.00 bits per heavy atom. The number of rotatable bonds is 3. The molecule has 0 spiro atoms. The highest BCUT2D eigenvalue weighted by Crippen LogP contribution is 2.36. The Labute approximate surface area is 122 Å². The van der Waals surface area contributed by atoms with Gasteiger partial charge in [-0.15, -0.1) is 0 Å². The van der Waals surface area contributed by atoms with Gasteiger partial charge in [-0.1, -0.05) is 24.3 Å². The molecule has 1 aliphatic heterocycles. The van der Waals surface area contributed by atoms with Gasteiger partial charge in [0.1, 0.15) is 17.2 Å². The lowest BCUT2D eigenvalue weighted by Crippen LogP contribution is -2.46. The Morgan fingerprint density at radius 3 is 2.38 bits per heavy atom. The number of nitrogens with one attached hydrogen (secondary N) is 1. The molecule has 1 fully saturated rings. The monoisotopic (exact) mass is 289 g/mol. The van der Waals surface area contributed by atoms with E-state index in [1.165, 1.54) is 24.3 Å². The molecular formula is C17H17F2NO. The van der Waals surface area contributed by atoms with Gasteiger partial charge in [-0.25, -0.2) is 8.78 Å². The number of halogens is 2. The number of hydrogen-bond acceptors (Lipinski definition) is 2. The third kappa shape index (κ3) is 2.57. The lowest BCUT2D eigenvalue weighted by atomic mass is 9.79. The van der Waals surface area contributed by atoms with Crippen LogP contribution >= 0.6 is 0 Å². The maximum Gasteiger partial charge on any atom is 0.130 e. The first-order valence-corrected chi connectivity index (χ1v) is 7.08. The van der Waals surface area contributed by atoms with Crippen LogP contribution in [0.25, 0.3) is 0 Å². The molecule has 0 saturated carbocycles. The van der Waals surface area contributed by atoms with E-state index < -0.39 is 11.4 Å². The summed E-state index contributed by atoms with van der Waals surface area (Å²) in [5, 5.41) is 14.6. The molecule has 1 saturated heterocycles. The van der Waals surface area contributed by atoms with Crippen molar-refractivity contribution in [2.45, 2.75) is 24.5 Å². The van der Waals surface area contributed by atoms with Crippen molar-refractivity contribution in [2.75, 3.05) is 6.54 Å². The van der Waals surface area contributed by atoms with Crippen LogP contribution in [0.4, 0.5) is 8.78 Å². The van der Waals surface area contributed by atoms with E-state index in [0.29, 0.717) is 11.1 Å². The zero-order chi connectivity index (χ0) is 14.9. The van der Waals surface area contributed by atoms with Gasteiger partial charge in [0.05, 0.1) is 0 Å². The van der Waals surface area contributed by atoms with E-state index in [-0.39, 0.29) is 11.9 Å². The van der Waals surface area contributed by atoms with Crippen LogP contribution in [0.5, 0.6) is 0 Å². The molecule has 4 heteroatoms. The quantitative estimate of drug-likeness (QED) is 0.910. The van der Waals surface area contributed by atoms with Gasteiger partial charge in [-0.2, -0.15) is 0 Å². The smallest absolute Gasteiger partial charge is 0.130 e. The average Bonchev–Trinajstić information content (AvgIpc) is 3.02. The summed E-state index contributed by atoms with van der Waals surface area (Å²) in [6.45, 7) is 0.809. The molecule has 0 bridgehead atoms. The third-order valence-corrected chi connectivity index (χ3v) is 4.11. The molecular weight excluding hydrogens is 272 g/mol. The topological polar surface area (TPSA) is 32.3 Å². The second kappa shape index (κ2) is 5.54. The molecule has 2 aromatic rings. The van der Waals surface area contributed by atoms with E-state index in [9.17, 15) is 13.9 Å². The van der Waals surface area contributed by atoms with Crippen molar-refractivity contribution >= 4 is 0 Å². The average molecular weight is 289 g/mol. The molecule has 21 heavy (non-hydrogen) atoms. The highest BCUT2D eigenvalue weighted by molar-refractivity contribution is 5.39. The summed E-state index contributed by atoms with van der Waals surface area (Å²) in [4.78, 5) is 0. The van der Waals surface area contributed by atoms with E-state index in [1.54, 1.807) is 24.3 Å². The van der Waals surface area contributed by atoms with Crippen molar-refractivity contribution in [3.8, 4) is 0 Å². The fourth-order valence-electron chi connectivity index (χ4n) is 3.04. The minimum atomic E-state index is -1.37. The SMILES string of the molecule is OC(c1ccc(F)cc1)(c1cccc(F)c1)[C@@H]1CCCN1. The van der Waals surface area contributed by atoms with E-state index in [4.69, 9.17) is 0 Å². The molecule has 0 aromatic heterocycles. The number of aliphatic hydroxyl groups is 1. The highest BCUT2D eigenvalue weighted by atomic mass is 19.1. The van der Waals surface area contributed by atoms with Gasteiger partial charge >= 0.3 is 0 Å². The predicted molar refractivity (Wildman–Crippen MR) is 76.8 cm³/mol. The lowest BCUT2D eigenvalue weighted by molar-refractivity contribution is 0.0439. The minimum Gasteiger partial charge on any atom is -0.379 e. The highest BCUT2D eigenvalue weighted by Gasteiger charge is 2.41. The Kier molecular flexibility index (Phi) is 3.74. The maximum atomic E-state index is 13.6. The molecule has 0 amide bonds. The van der Waals surface area contributed by atoms with E-state index >= 15 is 0 Å². The number of benzene rings is 2. The van der Waals surface area contributed by atoms with Crippen molar-refractivity contribution in [1.82, 2.24) is 5.32 Å². The molecule has 1 heterocycles. The first-order valence-electron chi connectivity index (χ1n) is 7.08. The molecule has 1 unspecified atom stereocenters. The van der Waals surface area contributed by atoms with Crippen LogP contribution in [0.3, 0.4) is 0 Å². The Morgan fingerprint density at radius 2 is 1.76 bits per heavy atom. The van der Waals surface area contributed by atoms with Crippen LogP contribution in [-0.2, 0) is 5.60 Å². The van der Waals surface area contributed by atoms with Crippen LogP contribution in [0.1, 0.15) is 24.0 Å². The first kappa shape index (κ1) is 14.2. The van der Waals surface area contributed by atoms with Crippen molar-refractivity contribution in [3.05, 3.63) is 71.3 Å². The summed E-state index contributed by atoms with van der Waals surface area (Å²) < 4.78 is 26.7. The summed E-state index contributed by atoms with van der Waals surface area (Å²) in [7, 11) is 0. The molecule has 110 valence electrons. The Hall–Kier alpha value is -1.78. The van der Waals surface area contributed by atoms with Crippen molar-refractivity contribution in [2.24, 2.45) is 0 Å². The first-order chi connectivity index (χ1) is 10.1. The molecule has 2 atom stereocenters. The zero-order valence-electron chi connectivity index (χ0n) is 11.5. The van der Waals surface area contributed by atoms with Crippen LogP contribution in [0.2, 0.25) is 0 Å². The largest absolute Gasteiger partial charge is 0.379 e. The molecule has 2 nitrogen and oxygen atoms in total. The fourth-order valence-corrected chi connectivity index (χ4v) is 3.04. The molecule has 2 N–H and O–H groups in total. The van der Waals surface area contributed by atoms with Gasteiger partial charge < -0.3 is 10.4 Å². The van der Waals surface area contributed by atoms with Crippen LogP contribution in [0.15, 0.2) is 48.5 Å². The predicted octanol–water partition coefficient (Wildman–Crippen LogP) is 2.95. The third-order valence-electron chi connectivity index (χ3n) is 4.11. The van der Waals surface area contributed by atoms with Gasteiger partial charge in [-0.05, 0) is 54.8 Å². The van der Waals surface area contributed by atoms with E-state index in [0.717, 1.165) is 19.4 Å². The second-order valence-corrected chi connectivity index (χ2v) is 5.43. The molecule has 1 aliphatic rings. The van der Waals surface area contributed by atoms with Gasteiger partial charge in [0.15, 0.2) is 0 Å². The minimum absolute atomic E-state index is 0.218. The van der Waals surface area contributed by atoms with Crippen LogP contribution in [0, 0.1) is 11.6 Å². The molecule has 0 aliphatic carbocycles. The normalized spacial score (nSPS) is 21.2. The fraction of sp³-hybridized carbons (Fsp3) is 0.294. The summed E-state index contributed by atoms with van der Waals surface area (Å²) >= 11 is 0. The molecule has 2 aromatic carbocycles. The number of hydrogen-bond donors (Lipinski definition) is 2. The second-order valence-electron chi connectivity index (χ2n) is 5.43. The summed E-state index contributed by atoms with van der Waals surface area (Å²) in [6, 6.07) is 11.5. The van der Waals surface area contributed by atoms with Crippen molar-refractivity contribution in [3.63, 3.8) is 0 Å². The summed E-state index contributed by atoms with van der Waals surface area (Å²) in [5.41, 5.74) is -0.325.